The number of amides is 1. The molecule has 1 aliphatic heterocycles. The summed E-state index contributed by atoms with van der Waals surface area (Å²) in [6, 6.07) is 1.63. The SMILES string of the molecule is O=C(Cn1nc2c(cc1=O)CCCC2)NCC1CCCO1. The smallest absolute Gasteiger partial charge is 0.267 e. The Hall–Kier alpha value is -1.69. The number of carbonyl (C=O) groups is 1. The average molecular weight is 291 g/mol. The molecule has 0 spiro atoms. The lowest BCUT2D eigenvalue weighted by Crippen LogP contribution is -2.37. The van der Waals surface area contributed by atoms with Gasteiger partial charge in [-0.05, 0) is 44.1 Å². The molecule has 0 saturated carbocycles. The minimum Gasteiger partial charge on any atom is -0.376 e. The molecule has 1 saturated heterocycles. The van der Waals surface area contributed by atoms with Crippen LogP contribution in [0.15, 0.2) is 10.9 Å². The highest BCUT2D eigenvalue weighted by molar-refractivity contribution is 5.75. The maximum absolute atomic E-state index is 12.0. The maximum Gasteiger partial charge on any atom is 0.267 e. The van der Waals surface area contributed by atoms with E-state index in [1.165, 1.54) is 4.68 Å². The number of aromatic nitrogens is 2. The van der Waals surface area contributed by atoms with Gasteiger partial charge in [-0.3, -0.25) is 9.59 Å². The molecule has 1 aromatic heterocycles. The van der Waals surface area contributed by atoms with E-state index in [4.69, 9.17) is 4.74 Å². The Morgan fingerprint density at radius 3 is 3.05 bits per heavy atom. The Balaban J connectivity index is 1.61. The summed E-state index contributed by atoms with van der Waals surface area (Å²) in [5, 5.41) is 7.16. The molecule has 3 rings (SSSR count). The monoisotopic (exact) mass is 291 g/mol. The van der Waals surface area contributed by atoms with Crippen LogP contribution >= 0.6 is 0 Å². The predicted octanol–water partition coefficient (Wildman–Crippen LogP) is 0.417. The van der Waals surface area contributed by atoms with Gasteiger partial charge in [-0.15, -0.1) is 0 Å². The molecule has 2 aliphatic rings. The largest absolute Gasteiger partial charge is 0.376 e. The first-order valence-electron chi connectivity index (χ1n) is 7.70. The minimum absolute atomic E-state index is 0.0150. The first-order valence-corrected chi connectivity index (χ1v) is 7.70. The van der Waals surface area contributed by atoms with Crippen LogP contribution in [-0.2, 0) is 28.9 Å². The maximum atomic E-state index is 12.0. The van der Waals surface area contributed by atoms with Gasteiger partial charge >= 0.3 is 0 Å². The standard InChI is InChI=1S/C15H21N3O3/c19-14(16-9-12-5-3-7-21-12)10-18-15(20)8-11-4-1-2-6-13(11)17-18/h8,12H,1-7,9-10H2,(H,16,19). The zero-order chi connectivity index (χ0) is 14.7. The van der Waals surface area contributed by atoms with E-state index in [0.29, 0.717) is 6.54 Å². The molecule has 0 radical (unpaired) electrons. The summed E-state index contributed by atoms with van der Waals surface area (Å²) in [4.78, 5) is 23.9. The molecule has 0 aromatic carbocycles. The highest BCUT2D eigenvalue weighted by Gasteiger charge is 2.17. The second-order valence-electron chi connectivity index (χ2n) is 5.76. The van der Waals surface area contributed by atoms with E-state index in [2.05, 4.69) is 10.4 Å². The summed E-state index contributed by atoms with van der Waals surface area (Å²) >= 11 is 0. The van der Waals surface area contributed by atoms with Crippen molar-refractivity contribution in [1.29, 1.82) is 0 Å². The normalized spacial score (nSPS) is 21.0. The fraction of sp³-hybridized carbons (Fsp3) is 0.667. The van der Waals surface area contributed by atoms with Crippen LogP contribution in [0.2, 0.25) is 0 Å². The number of ether oxygens (including phenoxy) is 1. The van der Waals surface area contributed by atoms with Crippen molar-refractivity contribution >= 4 is 5.91 Å². The van der Waals surface area contributed by atoms with Crippen LogP contribution < -0.4 is 10.9 Å². The third kappa shape index (κ3) is 3.50. The second-order valence-corrected chi connectivity index (χ2v) is 5.76. The van der Waals surface area contributed by atoms with E-state index in [0.717, 1.165) is 56.4 Å². The molecule has 0 bridgehead atoms. The number of hydrogen-bond acceptors (Lipinski definition) is 4. The van der Waals surface area contributed by atoms with Crippen LogP contribution in [0.3, 0.4) is 0 Å². The Bertz CT molecular complexity index is 576. The van der Waals surface area contributed by atoms with Crippen molar-refractivity contribution < 1.29 is 9.53 Å². The number of aryl methyl sites for hydroxylation is 2. The quantitative estimate of drug-likeness (QED) is 0.872. The molecule has 6 nitrogen and oxygen atoms in total. The van der Waals surface area contributed by atoms with Gasteiger partial charge in [0.25, 0.3) is 5.56 Å². The van der Waals surface area contributed by atoms with Crippen LogP contribution in [0, 0.1) is 0 Å². The second kappa shape index (κ2) is 6.39. The molecule has 21 heavy (non-hydrogen) atoms. The van der Waals surface area contributed by atoms with E-state index in [9.17, 15) is 9.59 Å². The lowest BCUT2D eigenvalue weighted by molar-refractivity contribution is -0.122. The van der Waals surface area contributed by atoms with E-state index >= 15 is 0 Å². The third-order valence-electron chi connectivity index (χ3n) is 4.12. The van der Waals surface area contributed by atoms with Crippen LogP contribution in [-0.4, -0.2) is 34.9 Å². The molecule has 1 unspecified atom stereocenters. The highest BCUT2D eigenvalue weighted by atomic mass is 16.5. The van der Waals surface area contributed by atoms with Gasteiger partial charge in [0.15, 0.2) is 0 Å². The van der Waals surface area contributed by atoms with Crippen molar-refractivity contribution in [3.63, 3.8) is 0 Å². The van der Waals surface area contributed by atoms with Gasteiger partial charge in [0, 0.05) is 19.2 Å². The van der Waals surface area contributed by atoms with Crippen molar-refractivity contribution in [3.05, 3.63) is 27.7 Å². The van der Waals surface area contributed by atoms with Crippen LogP contribution in [0.4, 0.5) is 0 Å². The van der Waals surface area contributed by atoms with Crippen LogP contribution in [0.5, 0.6) is 0 Å². The molecule has 1 amide bonds. The van der Waals surface area contributed by atoms with E-state index in [-0.39, 0.29) is 24.1 Å². The number of nitrogens with one attached hydrogen (secondary N) is 1. The molecule has 1 atom stereocenters. The number of nitrogens with zero attached hydrogens (tertiary/aromatic N) is 2. The van der Waals surface area contributed by atoms with Gasteiger partial charge in [0.05, 0.1) is 11.8 Å². The van der Waals surface area contributed by atoms with Crippen molar-refractivity contribution in [3.8, 4) is 0 Å². The summed E-state index contributed by atoms with van der Waals surface area (Å²) in [5.74, 6) is -0.184. The van der Waals surface area contributed by atoms with Crippen molar-refractivity contribution in [2.45, 2.75) is 51.2 Å². The molecule has 114 valence electrons. The van der Waals surface area contributed by atoms with Gasteiger partial charge in [-0.25, -0.2) is 4.68 Å². The summed E-state index contributed by atoms with van der Waals surface area (Å²) in [6.45, 7) is 1.27. The Morgan fingerprint density at radius 1 is 1.38 bits per heavy atom. The van der Waals surface area contributed by atoms with E-state index in [1.54, 1.807) is 6.07 Å². The molecule has 6 heteroatoms. The number of fused-ring (bicyclic) bond motifs is 1. The first-order chi connectivity index (χ1) is 10.2. The number of rotatable bonds is 4. The van der Waals surface area contributed by atoms with Gasteiger partial charge in [0.1, 0.15) is 6.54 Å². The van der Waals surface area contributed by atoms with Gasteiger partial charge in [0.2, 0.25) is 5.91 Å². The predicted molar refractivity (Wildman–Crippen MR) is 77.1 cm³/mol. The lowest BCUT2D eigenvalue weighted by Gasteiger charge is -2.16. The molecule has 1 aromatic rings. The zero-order valence-electron chi connectivity index (χ0n) is 12.1. The Kier molecular flexibility index (Phi) is 4.34. The third-order valence-corrected chi connectivity index (χ3v) is 4.12. The van der Waals surface area contributed by atoms with Crippen LogP contribution in [0.25, 0.3) is 0 Å². The molecular weight excluding hydrogens is 270 g/mol. The van der Waals surface area contributed by atoms with Crippen LogP contribution in [0.1, 0.15) is 36.9 Å². The lowest BCUT2D eigenvalue weighted by atomic mass is 9.97. The summed E-state index contributed by atoms with van der Waals surface area (Å²) in [5.41, 5.74) is 1.82. The number of carbonyl (C=O) groups excluding carboxylic acids is 1. The van der Waals surface area contributed by atoms with Crippen molar-refractivity contribution in [1.82, 2.24) is 15.1 Å². The minimum atomic E-state index is -0.192. The first kappa shape index (κ1) is 14.3. The zero-order valence-corrected chi connectivity index (χ0v) is 12.1. The fourth-order valence-corrected chi connectivity index (χ4v) is 2.94. The average Bonchev–Trinajstić information content (AvgIpc) is 2.99. The molecule has 1 N–H and O–H groups in total. The summed E-state index contributed by atoms with van der Waals surface area (Å²) < 4.78 is 6.73. The van der Waals surface area contributed by atoms with Crippen molar-refractivity contribution in [2.75, 3.05) is 13.2 Å². The van der Waals surface area contributed by atoms with E-state index in [1.807, 2.05) is 0 Å². The van der Waals surface area contributed by atoms with Crippen molar-refractivity contribution in [2.24, 2.45) is 0 Å². The molecule has 1 fully saturated rings. The Labute approximate surface area is 123 Å². The van der Waals surface area contributed by atoms with Gasteiger partial charge in [-0.1, -0.05) is 0 Å². The highest BCUT2D eigenvalue weighted by Crippen LogP contribution is 2.16. The topological polar surface area (TPSA) is 73.2 Å². The fourth-order valence-electron chi connectivity index (χ4n) is 2.94. The Morgan fingerprint density at radius 2 is 2.24 bits per heavy atom. The summed E-state index contributed by atoms with van der Waals surface area (Å²) in [7, 11) is 0. The number of hydrogen-bond donors (Lipinski definition) is 1. The molecular formula is C15H21N3O3. The van der Waals surface area contributed by atoms with Gasteiger partial charge in [-0.2, -0.15) is 5.10 Å². The molecule has 1 aliphatic carbocycles. The summed E-state index contributed by atoms with van der Waals surface area (Å²) in [6.07, 6.45) is 6.17. The van der Waals surface area contributed by atoms with Gasteiger partial charge < -0.3 is 10.1 Å². The molecule has 2 heterocycles. The van der Waals surface area contributed by atoms with E-state index < -0.39 is 0 Å².